The Hall–Kier alpha value is -2.28. The molecule has 0 amide bonds. The second kappa shape index (κ2) is 5.84. The van der Waals surface area contributed by atoms with E-state index in [1.165, 1.54) is 0 Å². The number of rotatable bonds is 2. The van der Waals surface area contributed by atoms with E-state index in [0.717, 1.165) is 22.5 Å². The van der Waals surface area contributed by atoms with Crippen molar-refractivity contribution in [3.8, 4) is 23.0 Å². The molecule has 0 aliphatic rings. The number of benzene rings is 2. The molecule has 0 aliphatic heterocycles. The Balaban J connectivity index is 2.21. The normalized spacial score (nSPS) is 10.5. The Morgan fingerprint density at radius 1 is 1.05 bits per heavy atom. The van der Waals surface area contributed by atoms with Gasteiger partial charge in [-0.2, -0.15) is 10.4 Å². The van der Waals surface area contributed by atoms with Gasteiger partial charge in [0, 0.05) is 11.6 Å². The molecule has 0 N–H and O–H groups in total. The lowest BCUT2D eigenvalue weighted by Gasteiger charge is -2.09. The summed E-state index contributed by atoms with van der Waals surface area (Å²) in [6.07, 6.45) is 0. The highest BCUT2D eigenvalue weighted by atomic mass is 35.5. The van der Waals surface area contributed by atoms with Crippen LogP contribution in [0.2, 0.25) is 10.0 Å². The van der Waals surface area contributed by atoms with Crippen LogP contribution in [-0.2, 0) is 0 Å². The molecule has 0 unspecified atom stereocenters. The van der Waals surface area contributed by atoms with E-state index in [1.54, 1.807) is 22.9 Å². The summed E-state index contributed by atoms with van der Waals surface area (Å²) in [5, 5.41) is 14.5. The third-order valence-corrected chi connectivity index (χ3v) is 4.02. The van der Waals surface area contributed by atoms with Crippen molar-refractivity contribution >= 4 is 23.2 Å². The summed E-state index contributed by atoms with van der Waals surface area (Å²) in [4.78, 5) is 0. The van der Waals surface area contributed by atoms with E-state index in [-0.39, 0.29) is 0 Å². The summed E-state index contributed by atoms with van der Waals surface area (Å²) < 4.78 is 1.74. The van der Waals surface area contributed by atoms with Gasteiger partial charge in [0.05, 0.1) is 21.4 Å². The van der Waals surface area contributed by atoms with Crippen molar-refractivity contribution in [1.82, 2.24) is 9.78 Å². The summed E-state index contributed by atoms with van der Waals surface area (Å²) in [7, 11) is 0. The van der Waals surface area contributed by atoms with Crippen LogP contribution in [0.15, 0.2) is 48.5 Å². The van der Waals surface area contributed by atoms with Gasteiger partial charge in [0.15, 0.2) is 5.69 Å². The van der Waals surface area contributed by atoms with Gasteiger partial charge in [0.1, 0.15) is 6.07 Å². The van der Waals surface area contributed by atoms with E-state index in [2.05, 4.69) is 11.2 Å². The largest absolute Gasteiger partial charge is 0.232 e. The predicted octanol–water partition coefficient (Wildman–Crippen LogP) is 5.03. The number of hydrogen-bond acceptors (Lipinski definition) is 2. The second-order valence-electron chi connectivity index (χ2n) is 4.91. The topological polar surface area (TPSA) is 41.6 Å². The number of hydrogen-bond donors (Lipinski definition) is 0. The maximum atomic E-state index is 9.15. The molecule has 0 radical (unpaired) electrons. The van der Waals surface area contributed by atoms with Crippen LogP contribution >= 0.6 is 23.2 Å². The van der Waals surface area contributed by atoms with E-state index in [4.69, 9.17) is 28.5 Å². The van der Waals surface area contributed by atoms with Gasteiger partial charge < -0.3 is 0 Å². The van der Waals surface area contributed by atoms with E-state index in [0.29, 0.717) is 15.7 Å². The van der Waals surface area contributed by atoms with Gasteiger partial charge in [0.25, 0.3) is 0 Å². The van der Waals surface area contributed by atoms with Gasteiger partial charge in [-0.15, -0.1) is 0 Å². The Bertz CT molecular complexity index is 891. The number of nitriles is 1. The minimum atomic E-state index is 0.350. The van der Waals surface area contributed by atoms with Gasteiger partial charge in [-0.1, -0.05) is 41.4 Å². The molecule has 1 aromatic heterocycles. The van der Waals surface area contributed by atoms with Crippen LogP contribution in [0.1, 0.15) is 11.3 Å². The highest BCUT2D eigenvalue weighted by molar-refractivity contribution is 6.42. The molecule has 3 aromatic rings. The molecule has 0 saturated carbocycles. The average Bonchev–Trinajstić information content (AvgIpc) is 2.94. The molecule has 1 heterocycles. The number of aromatic nitrogens is 2. The number of halogens is 2. The SMILES string of the molecule is Cc1cccc(-n2nc(C#N)cc2-c2ccc(Cl)c(Cl)c2)c1. The van der Waals surface area contributed by atoms with Gasteiger partial charge in [0.2, 0.25) is 0 Å². The van der Waals surface area contributed by atoms with Crippen molar-refractivity contribution in [1.29, 1.82) is 5.26 Å². The minimum absolute atomic E-state index is 0.350. The van der Waals surface area contributed by atoms with Crippen molar-refractivity contribution in [2.24, 2.45) is 0 Å². The Morgan fingerprint density at radius 2 is 1.86 bits per heavy atom. The standard InChI is InChI=1S/C17H11Cl2N3/c1-11-3-2-4-14(7-11)22-17(9-13(10-20)21-22)12-5-6-15(18)16(19)8-12/h2-9H,1H3. The fraction of sp³-hybridized carbons (Fsp3) is 0.0588. The molecule has 0 fully saturated rings. The van der Waals surface area contributed by atoms with Crippen LogP contribution in [0, 0.1) is 18.3 Å². The zero-order valence-corrected chi connectivity index (χ0v) is 13.2. The van der Waals surface area contributed by atoms with Crippen LogP contribution in [0.5, 0.6) is 0 Å². The first kappa shape index (κ1) is 14.6. The van der Waals surface area contributed by atoms with Crippen molar-refractivity contribution in [2.45, 2.75) is 6.92 Å². The molecule has 0 spiro atoms. The van der Waals surface area contributed by atoms with Crippen LogP contribution in [0.3, 0.4) is 0 Å². The lowest BCUT2D eigenvalue weighted by atomic mass is 10.1. The first-order valence-corrected chi connectivity index (χ1v) is 7.37. The average molecular weight is 328 g/mol. The molecule has 5 heteroatoms. The molecule has 2 aromatic carbocycles. The molecule has 0 saturated heterocycles. The Morgan fingerprint density at radius 3 is 2.55 bits per heavy atom. The fourth-order valence-electron chi connectivity index (χ4n) is 2.25. The molecule has 22 heavy (non-hydrogen) atoms. The monoisotopic (exact) mass is 327 g/mol. The smallest absolute Gasteiger partial charge is 0.163 e. The van der Waals surface area contributed by atoms with Crippen molar-refractivity contribution in [3.63, 3.8) is 0 Å². The molecule has 108 valence electrons. The van der Waals surface area contributed by atoms with E-state index in [1.807, 2.05) is 37.3 Å². The highest BCUT2D eigenvalue weighted by Crippen LogP contribution is 2.30. The van der Waals surface area contributed by atoms with Gasteiger partial charge in [-0.3, -0.25) is 0 Å². The maximum absolute atomic E-state index is 9.15. The quantitative estimate of drug-likeness (QED) is 0.662. The second-order valence-corrected chi connectivity index (χ2v) is 5.72. The predicted molar refractivity (Wildman–Crippen MR) is 88.5 cm³/mol. The molecule has 0 aliphatic carbocycles. The first-order chi connectivity index (χ1) is 10.6. The van der Waals surface area contributed by atoms with Gasteiger partial charge >= 0.3 is 0 Å². The van der Waals surface area contributed by atoms with Crippen molar-refractivity contribution < 1.29 is 0 Å². The molecule has 3 nitrogen and oxygen atoms in total. The van der Waals surface area contributed by atoms with Gasteiger partial charge in [-0.25, -0.2) is 4.68 Å². The summed E-state index contributed by atoms with van der Waals surface area (Å²) >= 11 is 12.1. The van der Waals surface area contributed by atoms with Gasteiger partial charge in [-0.05, 0) is 36.8 Å². The highest BCUT2D eigenvalue weighted by Gasteiger charge is 2.13. The van der Waals surface area contributed by atoms with E-state index < -0.39 is 0 Å². The third kappa shape index (κ3) is 2.71. The Kier molecular flexibility index (Phi) is 3.89. The summed E-state index contributed by atoms with van der Waals surface area (Å²) in [5.41, 5.74) is 4.00. The van der Waals surface area contributed by atoms with Crippen LogP contribution < -0.4 is 0 Å². The molecule has 3 rings (SSSR count). The molecular formula is C17H11Cl2N3. The lowest BCUT2D eigenvalue weighted by molar-refractivity contribution is 0.879. The number of nitrogens with zero attached hydrogens (tertiary/aromatic N) is 3. The summed E-state index contributed by atoms with van der Waals surface area (Å²) in [5.74, 6) is 0. The zero-order valence-electron chi connectivity index (χ0n) is 11.7. The first-order valence-electron chi connectivity index (χ1n) is 6.61. The summed E-state index contributed by atoms with van der Waals surface area (Å²) in [6, 6.07) is 17.1. The van der Waals surface area contributed by atoms with E-state index in [9.17, 15) is 0 Å². The number of aryl methyl sites for hydroxylation is 1. The van der Waals surface area contributed by atoms with Crippen molar-refractivity contribution in [2.75, 3.05) is 0 Å². The van der Waals surface area contributed by atoms with Crippen molar-refractivity contribution in [3.05, 3.63) is 69.8 Å². The molecule has 0 bridgehead atoms. The maximum Gasteiger partial charge on any atom is 0.163 e. The summed E-state index contributed by atoms with van der Waals surface area (Å²) in [6.45, 7) is 2.01. The molecule has 0 atom stereocenters. The molecular weight excluding hydrogens is 317 g/mol. The van der Waals surface area contributed by atoms with Crippen LogP contribution in [-0.4, -0.2) is 9.78 Å². The third-order valence-electron chi connectivity index (χ3n) is 3.29. The Labute approximate surface area is 138 Å². The fourth-order valence-corrected chi connectivity index (χ4v) is 2.55. The van der Waals surface area contributed by atoms with Crippen LogP contribution in [0.25, 0.3) is 16.9 Å². The lowest BCUT2D eigenvalue weighted by Crippen LogP contribution is -1.99. The van der Waals surface area contributed by atoms with Crippen LogP contribution in [0.4, 0.5) is 0 Å². The zero-order chi connectivity index (χ0) is 15.7. The van der Waals surface area contributed by atoms with E-state index >= 15 is 0 Å². The minimum Gasteiger partial charge on any atom is -0.232 e.